The summed E-state index contributed by atoms with van der Waals surface area (Å²) >= 11 is 0. The zero-order valence-corrected chi connectivity index (χ0v) is 11.4. The molecule has 0 fully saturated rings. The molecule has 4 heteroatoms. The molecule has 0 spiro atoms. The molecule has 2 aromatic heterocycles. The van der Waals surface area contributed by atoms with Crippen LogP contribution in [0.4, 0.5) is 0 Å². The Balaban J connectivity index is 1.95. The second kappa shape index (κ2) is 3.61. The number of rotatable bonds is 0. The molecular formula is C17H11N3O. The van der Waals surface area contributed by atoms with Crippen LogP contribution in [0, 0.1) is 6.92 Å². The summed E-state index contributed by atoms with van der Waals surface area (Å²) in [6.45, 7) is 1.96. The minimum Gasteiger partial charge on any atom is -0.438 e. The number of imidazole rings is 1. The van der Waals surface area contributed by atoms with Gasteiger partial charge in [-0.15, -0.1) is 0 Å². The molecule has 4 aromatic rings. The Morgan fingerprint density at radius 1 is 1.05 bits per heavy atom. The summed E-state index contributed by atoms with van der Waals surface area (Å²) in [5.74, 6) is 2.48. The van der Waals surface area contributed by atoms with Crippen LogP contribution in [0.3, 0.4) is 0 Å². The van der Waals surface area contributed by atoms with Crippen molar-refractivity contribution >= 4 is 16.4 Å². The molecule has 21 heavy (non-hydrogen) atoms. The second-order valence-corrected chi connectivity index (χ2v) is 5.26. The Kier molecular flexibility index (Phi) is 1.86. The summed E-state index contributed by atoms with van der Waals surface area (Å²) in [5, 5.41) is 2.34. The maximum absolute atomic E-state index is 6.09. The van der Waals surface area contributed by atoms with E-state index >= 15 is 0 Å². The largest absolute Gasteiger partial charge is 0.438 e. The summed E-state index contributed by atoms with van der Waals surface area (Å²) < 4.78 is 8.07. The van der Waals surface area contributed by atoms with E-state index in [1.807, 2.05) is 29.5 Å². The molecule has 100 valence electrons. The van der Waals surface area contributed by atoms with E-state index in [4.69, 9.17) is 4.74 Å². The third-order valence-electron chi connectivity index (χ3n) is 3.95. The van der Waals surface area contributed by atoms with E-state index in [1.165, 1.54) is 5.39 Å². The molecule has 0 unspecified atom stereocenters. The first-order valence-corrected chi connectivity index (χ1v) is 6.86. The highest BCUT2D eigenvalue weighted by Gasteiger charge is 2.24. The second-order valence-electron chi connectivity index (χ2n) is 5.26. The maximum atomic E-state index is 6.09. The van der Waals surface area contributed by atoms with Gasteiger partial charge in [-0.1, -0.05) is 24.3 Å². The Hall–Kier alpha value is -2.88. The van der Waals surface area contributed by atoms with Crippen molar-refractivity contribution in [2.45, 2.75) is 6.92 Å². The molecule has 5 rings (SSSR count). The van der Waals surface area contributed by atoms with Gasteiger partial charge in [0, 0.05) is 6.20 Å². The number of fused-ring (bicyclic) bond motifs is 3. The van der Waals surface area contributed by atoms with Gasteiger partial charge in [-0.05, 0) is 35.9 Å². The van der Waals surface area contributed by atoms with E-state index in [0.29, 0.717) is 0 Å². The Labute approximate surface area is 120 Å². The van der Waals surface area contributed by atoms with Gasteiger partial charge in [0.1, 0.15) is 17.1 Å². The van der Waals surface area contributed by atoms with Crippen molar-refractivity contribution in [2.24, 2.45) is 0 Å². The lowest BCUT2D eigenvalue weighted by molar-refractivity contribution is 0.447. The number of ether oxygens (including phenoxy) is 1. The topological polar surface area (TPSA) is 39.4 Å². The minimum absolute atomic E-state index is 0.760. The van der Waals surface area contributed by atoms with Crippen molar-refractivity contribution in [1.29, 1.82) is 0 Å². The van der Waals surface area contributed by atoms with Gasteiger partial charge >= 0.3 is 0 Å². The molecule has 1 aliphatic heterocycles. The van der Waals surface area contributed by atoms with Crippen LogP contribution < -0.4 is 4.74 Å². The number of aromatic nitrogens is 3. The van der Waals surface area contributed by atoms with Crippen molar-refractivity contribution in [1.82, 2.24) is 14.4 Å². The monoisotopic (exact) mass is 273 g/mol. The zero-order chi connectivity index (χ0) is 14.0. The summed E-state index contributed by atoms with van der Waals surface area (Å²) in [7, 11) is 0. The molecule has 0 bridgehead atoms. The van der Waals surface area contributed by atoms with Crippen LogP contribution in [0.1, 0.15) is 5.69 Å². The molecule has 2 aromatic carbocycles. The van der Waals surface area contributed by atoms with E-state index in [1.54, 1.807) is 6.20 Å². The minimum atomic E-state index is 0.760. The van der Waals surface area contributed by atoms with E-state index in [9.17, 15) is 0 Å². The lowest BCUT2D eigenvalue weighted by Gasteiger charge is -2.19. The summed E-state index contributed by atoms with van der Waals surface area (Å²) in [4.78, 5) is 9.08. The third-order valence-corrected chi connectivity index (χ3v) is 3.95. The molecule has 0 aliphatic carbocycles. The van der Waals surface area contributed by atoms with Crippen LogP contribution in [0.2, 0.25) is 0 Å². The van der Waals surface area contributed by atoms with Gasteiger partial charge in [-0.2, -0.15) is 0 Å². The van der Waals surface area contributed by atoms with E-state index in [2.05, 4.69) is 34.2 Å². The number of nitrogens with zero attached hydrogens (tertiary/aromatic N) is 3. The van der Waals surface area contributed by atoms with Crippen molar-refractivity contribution < 1.29 is 4.74 Å². The summed E-state index contributed by atoms with van der Waals surface area (Å²) in [6.07, 6.45) is 1.80. The highest BCUT2D eigenvalue weighted by Crippen LogP contribution is 2.42. The lowest BCUT2D eigenvalue weighted by Crippen LogP contribution is -2.05. The van der Waals surface area contributed by atoms with Crippen molar-refractivity contribution in [3.8, 4) is 23.0 Å². The first-order chi connectivity index (χ1) is 10.3. The van der Waals surface area contributed by atoms with Crippen LogP contribution in [0.5, 0.6) is 11.6 Å². The van der Waals surface area contributed by atoms with Crippen molar-refractivity contribution in [3.63, 3.8) is 0 Å². The molecule has 0 saturated heterocycles. The van der Waals surface area contributed by atoms with Crippen molar-refractivity contribution in [3.05, 3.63) is 54.4 Å². The fourth-order valence-electron chi connectivity index (χ4n) is 2.98. The summed E-state index contributed by atoms with van der Waals surface area (Å²) in [5.41, 5.74) is 2.75. The molecule has 0 N–H and O–H groups in total. The normalized spacial score (nSPS) is 12.4. The first-order valence-electron chi connectivity index (χ1n) is 6.86. The zero-order valence-electron chi connectivity index (χ0n) is 11.4. The fraction of sp³-hybridized carbons (Fsp3) is 0.0588. The molecule has 3 heterocycles. The standard InChI is InChI=1S/C17H11N3O/c1-10-17-20-15(19-10)6-7-18-16(20)13-8-11-4-2-3-5-12(11)9-14(13)21-17/h2-9H,1H3. The number of benzene rings is 2. The average Bonchev–Trinajstić information content (AvgIpc) is 2.83. The quantitative estimate of drug-likeness (QED) is 0.428. The van der Waals surface area contributed by atoms with Crippen LogP contribution in [-0.4, -0.2) is 14.4 Å². The van der Waals surface area contributed by atoms with E-state index in [-0.39, 0.29) is 0 Å². The van der Waals surface area contributed by atoms with Crippen LogP contribution in [0.15, 0.2) is 48.7 Å². The Bertz CT molecular complexity index is 1030. The van der Waals surface area contributed by atoms with Crippen molar-refractivity contribution in [2.75, 3.05) is 0 Å². The third kappa shape index (κ3) is 1.34. The van der Waals surface area contributed by atoms with Gasteiger partial charge in [0.25, 0.3) is 0 Å². The van der Waals surface area contributed by atoms with Crippen LogP contribution in [0.25, 0.3) is 27.8 Å². The van der Waals surface area contributed by atoms with Gasteiger partial charge < -0.3 is 4.74 Å². The molecule has 0 saturated carbocycles. The van der Waals surface area contributed by atoms with Gasteiger partial charge in [0.2, 0.25) is 5.88 Å². The smallest absolute Gasteiger partial charge is 0.228 e. The van der Waals surface area contributed by atoms with Crippen LogP contribution >= 0.6 is 0 Å². The fourth-order valence-corrected chi connectivity index (χ4v) is 2.98. The lowest BCUT2D eigenvalue weighted by atomic mass is 10.0. The molecular weight excluding hydrogens is 262 g/mol. The molecule has 0 radical (unpaired) electrons. The predicted octanol–water partition coefficient (Wildman–Crippen LogP) is 3.96. The molecule has 0 amide bonds. The number of hydrogen-bond acceptors (Lipinski definition) is 3. The van der Waals surface area contributed by atoms with Crippen LogP contribution in [-0.2, 0) is 0 Å². The van der Waals surface area contributed by atoms with Gasteiger partial charge in [-0.25, -0.2) is 14.4 Å². The predicted molar refractivity (Wildman–Crippen MR) is 80.7 cm³/mol. The first kappa shape index (κ1) is 10.9. The van der Waals surface area contributed by atoms with Gasteiger partial charge in [-0.3, -0.25) is 0 Å². The molecule has 0 atom stereocenters. The molecule has 1 aliphatic rings. The Morgan fingerprint density at radius 3 is 2.71 bits per heavy atom. The summed E-state index contributed by atoms with van der Waals surface area (Å²) in [6, 6.07) is 14.4. The Morgan fingerprint density at radius 2 is 1.86 bits per heavy atom. The average molecular weight is 273 g/mol. The van der Waals surface area contributed by atoms with E-state index in [0.717, 1.165) is 39.7 Å². The van der Waals surface area contributed by atoms with Gasteiger partial charge in [0.15, 0.2) is 5.82 Å². The SMILES string of the molecule is Cc1nc2ccnc3n2c1Oc1cc2ccccc2cc1-3. The highest BCUT2D eigenvalue weighted by molar-refractivity contribution is 5.90. The maximum Gasteiger partial charge on any atom is 0.228 e. The number of aryl methyl sites for hydroxylation is 1. The van der Waals surface area contributed by atoms with Gasteiger partial charge in [0.05, 0.1) is 5.56 Å². The molecule has 4 nitrogen and oxygen atoms in total. The highest BCUT2D eigenvalue weighted by atomic mass is 16.5. The number of hydrogen-bond donors (Lipinski definition) is 0. The van der Waals surface area contributed by atoms with E-state index < -0.39 is 0 Å².